The largest absolute Gasteiger partial charge is 0.433 e. The van der Waals surface area contributed by atoms with Crippen molar-refractivity contribution >= 4 is 22.9 Å². The number of anilines is 1. The van der Waals surface area contributed by atoms with Gasteiger partial charge in [0.25, 0.3) is 11.6 Å². The Labute approximate surface area is 176 Å². The van der Waals surface area contributed by atoms with Gasteiger partial charge in [0.1, 0.15) is 11.5 Å². The molecule has 2 aromatic carbocycles. The van der Waals surface area contributed by atoms with E-state index in [1.165, 1.54) is 30.3 Å². The van der Waals surface area contributed by atoms with Gasteiger partial charge in [-0.15, -0.1) is 0 Å². The third-order valence-electron chi connectivity index (χ3n) is 4.44. The summed E-state index contributed by atoms with van der Waals surface area (Å²) < 4.78 is 54.6. The zero-order valence-corrected chi connectivity index (χ0v) is 15.8. The first kappa shape index (κ1) is 20.9. The SMILES string of the molecule is O=C(Nc1ccccc1[N+](=O)[O-])c1cc2nc(-c3ccc(F)cc3)cc(C(F)(F)F)n2n1. The number of nitrogens with one attached hydrogen (secondary N) is 1. The number of para-hydroxylation sites is 2. The lowest BCUT2D eigenvalue weighted by atomic mass is 10.1. The van der Waals surface area contributed by atoms with Crippen molar-refractivity contribution in [3.8, 4) is 11.3 Å². The van der Waals surface area contributed by atoms with Crippen LogP contribution in [0.25, 0.3) is 16.9 Å². The average Bonchev–Trinajstić information content (AvgIpc) is 3.17. The zero-order valence-electron chi connectivity index (χ0n) is 15.8. The van der Waals surface area contributed by atoms with Gasteiger partial charge in [0, 0.05) is 17.7 Å². The lowest BCUT2D eigenvalue weighted by molar-refractivity contribution is -0.383. The molecule has 32 heavy (non-hydrogen) atoms. The number of nitrogens with zero attached hydrogens (tertiary/aromatic N) is 4. The fraction of sp³-hybridized carbons (Fsp3) is 0.0500. The number of nitro groups is 1. The normalized spacial score (nSPS) is 11.5. The van der Waals surface area contributed by atoms with E-state index in [0.29, 0.717) is 4.52 Å². The van der Waals surface area contributed by atoms with E-state index < -0.39 is 39.9 Å². The minimum absolute atomic E-state index is 0.101. The summed E-state index contributed by atoms with van der Waals surface area (Å²) >= 11 is 0. The van der Waals surface area contributed by atoms with Crippen LogP contribution in [0.15, 0.2) is 60.7 Å². The van der Waals surface area contributed by atoms with Gasteiger partial charge in [0.05, 0.1) is 10.6 Å². The van der Waals surface area contributed by atoms with E-state index in [4.69, 9.17) is 0 Å². The summed E-state index contributed by atoms with van der Waals surface area (Å²) in [6, 6.07) is 11.7. The van der Waals surface area contributed by atoms with Crippen LogP contribution >= 0.6 is 0 Å². The van der Waals surface area contributed by atoms with Gasteiger partial charge in [-0.3, -0.25) is 14.9 Å². The number of alkyl halides is 3. The summed E-state index contributed by atoms with van der Waals surface area (Å²) in [5.41, 5.74) is -2.33. The maximum absolute atomic E-state index is 13.7. The molecule has 0 aliphatic carbocycles. The van der Waals surface area contributed by atoms with Crippen LogP contribution in [-0.4, -0.2) is 25.4 Å². The molecule has 8 nitrogen and oxygen atoms in total. The van der Waals surface area contributed by atoms with Gasteiger partial charge >= 0.3 is 6.18 Å². The quantitative estimate of drug-likeness (QED) is 0.278. The summed E-state index contributed by atoms with van der Waals surface area (Å²) in [6.07, 6.45) is -4.84. The molecular weight excluding hydrogens is 434 g/mol. The van der Waals surface area contributed by atoms with Crippen molar-refractivity contribution < 1.29 is 27.3 Å². The number of rotatable bonds is 4. The van der Waals surface area contributed by atoms with E-state index >= 15 is 0 Å². The van der Waals surface area contributed by atoms with E-state index in [-0.39, 0.29) is 22.6 Å². The number of hydrogen-bond donors (Lipinski definition) is 1. The Morgan fingerprint density at radius 1 is 1.06 bits per heavy atom. The highest BCUT2D eigenvalue weighted by Crippen LogP contribution is 2.32. The van der Waals surface area contributed by atoms with Gasteiger partial charge in [-0.05, 0) is 36.4 Å². The van der Waals surface area contributed by atoms with Gasteiger partial charge < -0.3 is 5.32 Å². The third-order valence-corrected chi connectivity index (χ3v) is 4.44. The minimum atomic E-state index is -4.84. The summed E-state index contributed by atoms with van der Waals surface area (Å²) in [4.78, 5) is 27.0. The molecule has 0 saturated carbocycles. The first-order valence-electron chi connectivity index (χ1n) is 8.92. The number of halogens is 4. The van der Waals surface area contributed by atoms with E-state index in [1.54, 1.807) is 0 Å². The Morgan fingerprint density at radius 2 is 1.75 bits per heavy atom. The van der Waals surface area contributed by atoms with Crippen LogP contribution in [-0.2, 0) is 6.18 Å². The highest BCUT2D eigenvalue weighted by atomic mass is 19.4. The Bertz CT molecular complexity index is 1350. The van der Waals surface area contributed by atoms with Crippen LogP contribution in [0.5, 0.6) is 0 Å². The van der Waals surface area contributed by atoms with E-state index in [9.17, 15) is 32.5 Å². The highest BCUT2D eigenvalue weighted by molar-refractivity contribution is 6.04. The number of nitro benzene ring substituents is 1. The van der Waals surface area contributed by atoms with Crippen molar-refractivity contribution in [2.24, 2.45) is 0 Å². The molecule has 4 aromatic rings. The van der Waals surface area contributed by atoms with Gasteiger partial charge in [0.15, 0.2) is 17.0 Å². The predicted molar refractivity (Wildman–Crippen MR) is 104 cm³/mol. The fourth-order valence-electron chi connectivity index (χ4n) is 2.98. The van der Waals surface area contributed by atoms with E-state index in [2.05, 4.69) is 15.4 Å². The first-order chi connectivity index (χ1) is 15.1. The molecule has 0 atom stereocenters. The van der Waals surface area contributed by atoms with Crippen molar-refractivity contribution in [2.75, 3.05) is 5.32 Å². The van der Waals surface area contributed by atoms with Crippen molar-refractivity contribution in [2.45, 2.75) is 6.18 Å². The van der Waals surface area contributed by atoms with Gasteiger partial charge in [-0.2, -0.15) is 18.3 Å². The molecule has 0 fully saturated rings. The second-order valence-electron chi connectivity index (χ2n) is 6.56. The second kappa shape index (κ2) is 7.72. The molecule has 0 aliphatic heterocycles. The maximum atomic E-state index is 13.7. The summed E-state index contributed by atoms with van der Waals surface area (Å²) in [6.45, 7) is 0. The number of carbonyl (C=O) groups is 1. The first-order valence-corrected chi connectivity index (χ1v) is 8.92. The van der Waals surface area contributed by atoms with Gasteiger partial charge in [-0.1, -0.05) is 12.1 Å². The monoisotopic (exact) mass is 445 g/mol. The van der Waals surface area contributed by atoms with Crippen LogP contribution in [0.3, 0.4) is 0 Å². The predicted octanol–water partition coefficient (Wildman–Crippen LogP) is 4.71. The Balaban J connectivity index is 1.78. The maximum Gasteiger partial charge on any atom is 0.433 e. The summed E-state index contributed by atoms with van der Waals surface area (Å²) in [7, 11) is 0. The molecule has 1 amide bonds. The standard InChI is InChI=1S/C20H11F4N5O3/c21-12-7-5-11(6-8-12)14-9-17(20(22,23)24)28-18(25-14)10-15(27-28)19(30)26-13-3-1-2-4-16(13)29(31)32/h1-10H,(H,26,30). The number of hydrogen-bond acceptors (Lipinski definition) is 5. The molecular formula is C20H11F4N5O3. The fourth-order valence-corrected chi connectivity index (χ4v) is 2.98. The number of fused-ring (bicyclic) bond motifs is 1. The Kier molecular flexibility index (Phi) is 5.04. The third kappa shape index (κ3) is 3.97. The number of aromatic nitrogens is 3. The highest BCUT2D eigenvalue weighted by Gasteiger charge is 2.35. The molecule has 2 heterocycles. The molecule has 12 heteroatoms. The van der Waals surface area contributed by atoms with E-state index in [0.717, 1.165) is 30.3 Å². The van der Waals surface area contributed by atoms with Crippen molar-refractivity contribution in [3.05, 3.63) is 88.0 Å². The molecule has 2 aromatic heterocycles. The zero-order chi connectivity index (χ0) is 23.0. The average molecular weight is 445 g/mol. The smallest absolute Gasteiger partial charge is 0.315 e. The molecule has 0 bridgehead atoms. The number of carbonyl (C=O) groups excluding carboxylic acids is 1. The molecule has 0 aliphatic rings. The van der Waals surface area contributed by atoms with Gasteiger partial charge in [0.2, 0.25) is 0 Å². The molecule has 0 radical (unpaired) electrons. The second-order valence-corrected chi connectivity index (χ2v) is 6.56. The van der Waals surface area contributed by atoms with Crippen molar-refractivity contribution in [3.63, 3.8) is 0 Å². The van der Waals surface area contributed by atoms with Crippen molar-refractivity contribution in [1.29, 1.82) is 0 Å². The summed E-state index contributed by atoms with van der Waals surface area (Å²) in [5.74, 6) is -1.52. The Hall–Kier alpha value is -4.35. The van der Waals surface area contributed by atoms with Crippen LogP contribution in [0.4, 0.5) is 28.9 Å². The minimum Gasteiger partial charge on any atom is -0.315 e. The summed E-state index contributed by atoms with van der Waals surface area (Å²) in [5, 5.41) is 17.1. The van der Waals surface area contributed by atoms with Gasteiger partial charge in [-0.25, -0.2) is 13.9 Å². The topological polar surface area (TPSA) is 102 Å². The lowest BCUT2D eigenvalue weighted by Gasteiger charge is -2.11. The van der Waals surface area contributed by atoms with Crippen LogP contribution in [0, 0.1) is 15.9 Å². The van der Waals surface area contributed by atoms with Crippen LogP contribution in [0.1, 0.15) is 16.2 Å². The molecule has 0 unspecified atom stereocenters. The molecule has 0 saturated heterocycles. The van der Waals surface area contributed by atoms with E-state index in [1.807, 2.05) is 0 Å². The Morgan fingerprint density at radius 3 is 2.41 bits per heavy atom. The molecule has 162 valence electrons. The van der Waals surface area contributed by atoms with Crippen molar-refractivity contribution in [1.82, 2.24) is 14.6 Å². The van der Waals surface area contributed by atoms with Crippen LogP contribution < -0.4 is 5.32 Å². The molecule has 1 N–H and O–H groups in total. The van der Waals surface area contributed by atoms with Crippen LogP contribution in [0.2, 0.25) is 0 Å². The number of amides is 1. The molecule has 4 rings (SSSR count). The number of benzene rings is 2. The molecule has 0 spiro atoms. The lowest BCUT2D eigenvalue weighted by Crippen LogP contribution is -2.16.